The second kappa shape index (κ2) is 6.26. The van der Waals surface area contributed by atoms with E-state index in [2.05, 4.69) is 16.7 Å². The van der Waals surface area contributed by atoms with Crippen LogP contribution in [-0.4, -0.2) is 15.2 Å². The lowest BCUT2D eigenvalue weighted by Crippen LogP contribution is -2.00. The van der Waals surface area contributed by atoms with Crippen LogP contribution in [0.4, 0.5) is 0 Å². The number of nitrogens with zero attached hydrogens (tertiary/aromatic N) is 3. The highest BCUT2D eigenvalue weighted by molar-refractivity contribution is 5.64. The van der Waals surface area contributed by atoms with Gasteiger partial charge in [-0.25, -0.2) is 0 Å². The maximum absolute atomic E-state index is 10.4. The van der Waals surface area contributed by atoms with Gasteiger partial charge in [-0.2, -0.15) is 10.2 Å². The fraction of sp³-hybridized carbons (Fsp3) is 0.0556. The molecule has 0 saturated carbocycles. The van der Waals surface area contributed by atoms with Crippen LogP contribution in [0.15, 0.2) is 65.7 Å². The van der Waals surface area contributed by atoms with E-state index in [9.17, 15) is 5.11 Å². The topological polar surface area (TPSA) is 82.9 Å². The maximum Gasteiger partial charge on any atom is 0.256 e. The Bertz CT molecular complexity index is 861. The SMILES string of the molecule is C=C(c1nc(-c2ccccc2)no1)C(O)c1ccc(C#N)cc1. The number of rotatable bonds is 4. The third-order valence-corrected chi connectivity index (χ3v) is 3.42. The highest BCUT2D eigenvalue weighted by Crippen LogP contribution is 2.28. The molecule has 1 heterocycles. The van der Waals surface area contributed by atoms with Crippen LogP contribution in [0.3, 0.4) is 0 Å². The minimum absolute atomic E-state index is 0.181. The Morgan fingerprint density at radius 2 is 1.83 bits per heavy atom. The first-order chi connectivity index (χ1) is 11.2. The minimum Gasteiger partial charge on any atom is -0.383 e. The van der Waals surface area contributed by atoms with Crippen LogP contribution in [0.1, 0.15) is 23.1 Å². The molecule has 23 heavy (non-hydrogen) atoms. The fourth-order valence-electron chi connectivity index (χ4n) is 2.12. The van der Waals surface area contributed by atoms with E-state index in [1.807, 2.05) is 36.4 Å². The fourth-order valence-corrected chi connectivity index (χ4v) is 2.12. The van der Waals surface area contributed by atoms with Crippen molar-refractivity contribution in [2.24, 2.45) is 0 Å². The van der Waals surface area contributed by atoms with E-state index in [1.165, 1.54) is 0 Å². The van der Waals surface area contributed by atoms with Gasteiger partial charge in [0, 0.05) is 11.1 Å². The van der Waals surface area contributed by atoms with Gasteiger partial charge in [0.25, 0.3) is 5.89 Å². The summed E-state index contributed by atoms with van der Waals surface area (Å²) in [5.74, 6) is 0.620. The summed E-state index contributed by atoms with van der Waals surface area (Å²) in [5.41, 5.74) is 2.26. The van der Waals surface area contributed by atoms with Gasteiger partial charge in [-0.15, -0.1) is 0 Å². The molecule has 0 radical (unpaired) electrons. The molecule has 112 valence electrons. The van der Waals surface area contributed by atoms with E-state index < -0.39 is 6.10 Å². The molecular formula is C18H13N3O2. The van der Waals surface area contributed by atoms with Crippen molar-refractivity contribution in [3.05, 3.63) is 78.2 Å². The van der Waals surface area contributed by atoms with E-state index in [-0.39, 0.29) is 5.89 Å². The van der Waals surface area contributed by atoms with Gasteiger partial charge in [-0.05, 0) is 17.7 Å². The third kappa shape index (κ3) is 3.03. The molecule has 5 nitrogen and oxygen atoms in total. The standard InChI is InChI=1S/C18H13N3O2/c1-12(16(22)14-9-7-13(11-19)8-10-14)18-20-17(21-23-18)15-5-3-2-4-6-15/h2-10,16,22H,1H2. The molecule has 0 spiro atoms. The molecule has 0 saturated heterocycles. The predicted molar refractivity (Wildman–Crippen MR) is 84.9 cm³/mol. The first-order valence-corrected chi connectivity index (χ1v) is 6.95. The Morgan fingerprint density at radius 3 is 2.48 bits per heavy atom. The van der Waals surface area contributed by atoms with Gasteiger partial charge in [0.05, 0.1) is 11.6 Å². The normalized spacial score (nSPS) is 11.7. The smallest absolute Gasteiger partial charge is 0.256 e. The monoisotopic (exact) mass is 303 g/mol. The Morgan fingerprint density at radius 1 is 1.13 bits per heavy atom. The molecule has 0 aliphatic heterocycles. The summed E-state index contributed by atoms with van der Waals surface area (Å²) in [5, 5.41) is 23.1. The minimum atomic E-state index is -0.980. The van der Waals surface area contributed by atoms with Crippen molar-refractivity contribution < 1.29 is 9.63 Å². The largest absolute Gasteiger partial charge is 0.383 e. The first kappa shape index (κ1) is 14.7. The number of hydrogen-bond donors (Lipinski definition) is 1. The van der Waals surface area contributed by atoms with Crippen LogP contribution in [0.5, 0.6) is 0 Å². The van der Waals surface area contributed by atoms with Crippen molar-refractivity contribution in [3.8, 4) is 17.5 Å². The molecular weight excluding hydrogens is 290 g/mol. The second-order valence-electron chi connectivity index (χ2n) is 4.95. The molecule has 1 unspecified atom stereocenters. The van der Waals surface area contributed by atoms with Crippen LogP contribution in [0.2, 0.25) is 0 Å². The van der Waals surface area contributed by atoms with Gasteiger partial charge in [-0.1, -0.05) is 54.2 Å². The Hall–Kier alpha value is -3.23. The van der Waals surface area contributed by atoms with Gasteiger partial charge in [0.15, 0.2) is 0 Å². The first-order valence-electron chi connectivity index (χ1n) is 6.95. The molecule has 3 aromatic rings. The highest BCUT2D eigenvalue weighted by atomic mass is 16.5. The van der Waals surface area contributed by atoms with E-state index in [4.69, 9.17) is 9.78 Å². The molecule has 0 aliphatic carbocycles. The van der Waals surface area contributed by atoms with Gasteiger partial charge >= 0.3 is 0 Å². The van der Waals surface area contributed by atoms with Crippen molar-refractivity contribution >= 4 is 5.57 Å². The Labute approximate surface area is 133 Å². The predicted octanol–water partition coefficient (Wildman–Crippen LogP) is 3.36. The molecule has 0 amide bonds. The summed E-state index contributed by atoms with van der Waals surface area (Å²) in [6.07, 6.45) is -0.980. The molecule has 0 fully saturated rings. The zero-order valence-electron chi connectivity index (χ0n) is 12.2. The summed E-state index contributed by atoms with van der Waals surface area (Å²) in [7, 11) is 0. The quantitative estimate of drug-likeness (QED) is 0.799. The number of benzene rings is 2. The van der Waals surface area contributed by atoms with E-state index >= 15 is 0 Å². The number of aromatic nitrogens is 2. The van der Waals surface area contributed by atoms with E-state index in [0.29, 0.717) is 22.5 Å². The number of aliphatic hydroxyl groups excluding tert-OH is 1. The van der Waals surface area contributed by atoms with Crippen molar-refractivity contribution in [2.75, 3.05) is 0 Å². The lowest BCUT2D eigenvalue weighted by molar-refractivity contribution is 0.233. The average molecular weight is 303 g/mol. The third-order valence-electron chi connectivity index (χ3n) is 3.42. The summed E-state index contributed by atoms with van der Waals surface area (Å²) in [6, 6.07) is 18.0. The Balaban J connectivity index is 1.82. The molecule has 0 bridgehead atoms. The van der Waals surface area contributed by atoms with Gasteiger partial charge in [0.2, 0.25) is 5.82 Å². The summed E-state index contributed by atoms with van der Waals surface area (Å²) in [6.45, 7) is 3.84. The zero-order chi connectivity index (χ0) is 16.2. The number of aliphatic hydroxyl groups is 1. The molecule has 0 aliphatic rings. The van der Waals surface area contributed by atoms with E-state index in [0.717, 1.165) is 5.56 Å². The van der Waals surface area contributed by atoms with Crippen LogP contribution in [0, 0.1) is 11.3 Å². The Kier molecular flexibility index (Phi) is 4.00. The molecule has 1 N–H and O–H groups in total. The van der Waals surface area contributed by atoms with Gasteiger partial charge in [-0.3, -0.25) is 0 Å². The lowest BCUT2D eigenvalue weighted by atomic mass is 10.0. The summed E-state index contributed by atoms with van der Waals surface area (Å²) >= 11 is 0. The summed E-state index contributed by atoms with van der Waals surface area (Å²) < 4.78 is 5.20. The maximum atomic E-state index is 10.4. The van der Waals surface area contributed by atoms with Gasteiger partial charge < -0.3 is 9.63 Å². The van der Waals surface area contributed by atoms with Crippen molar-refractivity contribution in [1.82, 2.24) is 10.1 Å². The van der Waals surface area contributed by atoms with Crippen LogP contribution in [0.25, 0.3) is 17.0 Å². The van der Waals surface area contributed by atoms with Crippen LogP contribution < -0.4 is 0 Å². The van der Waals surface area contributed by atoms with E-state index in [1.54, 1.807) is 24.3 Å². The average Bonchev–Trinajstić information content (AvgIpc) is 3.11. The van der Waals surface area contributed by atoms with Crippen molar-refractivity contribution in [3.63, 3.8) is 0 Å². The number of nitriles is 1. The second-order valence-corrected chi connectivity index (χ2v) is 4.95. The highest BCUT2D eigenvalue weighted by Gasteiger charge is 2.19. The van der Waals surface area contributed by atoms with Gasteiger partial charge in [0.1, 0.15) is 6.10 Å². The van der Waals surface area contributed by atoms with Crippen LogP contribution >= 0.6 is 0 Å². The molecule has 2 aromatic carbocycles. The zero-order valence-corrected chi connectivity index (χ0v) is 12.2. The van der Waals surface area contributed by atoms with Crippen LogP contribution in [-0.2, 0) is 0 Å². The molecule has 1 aromatic heterocycles. The lowest BCUT2D eigenvalue weighted by Gasteiger charge is -2.10. The summed E-state index contributed by atoms with van der Waals surface area (Å²) in [4.78, 5) is 4.27. The number of hydrogen-bond acceptors (Lipinski definition) is 5. The molecule has 3 rings (SSSR count). The molecule has 5 heteroatoms. The van der Waals surface area contributed by atoms with Crippen molar-refractivity contribution in [1.29, 1.82) is 5.26 Å². The van der Waals surface area contributed by atoms with Crippen molar-refractivity contribution in [2.45, 2.75) is 6.10 Å². The molecule has 1 atom stereocenters.